The van der Waals surface area contributed by atoms with E-state index in [0.717, 1.165) is 65.6 Å². The summed E-state index contributed by atoms with van der Waals surface area (Å²) < 4.78 is 39.3. The van der Waals surface area contributed by atoms with Gasteiger partial charge >= 0.3 is 0 Å². The van der Waals surface area contributed by atoms with Crippen molar-refractivity contribution in [2.45, 2.75) is 44.8 Å². The van der Waals surface area contributed by atoms with Crippen molar-refractivity contribution < 1.29 is 23.1 Å². The first kappa shape index (κ1) is 29.1. The largest absolute Gasteiger partial charge is 0.494 e. The molecule has 5 heterocycles. The predicted octanol–water partition coefficient (Wildman–Crippen LogP) is 6.00. The van der Waals surface area contributed by atoms with E-state index in [1.807, 2.05) is 24.4 Å². The number of rotatable bonds is 8. The molecular weight excluding hydrogens is 626 g/mol. The van der Waals surface area contributed by atoms with Crippen LogP contribution in [0.3, 0.4) is 0 Å². The van der Waals surface area contributed by atoms with E-state index in [0.29, 0.717) is 60.3 Å². The molecule has 2 amide bonds. The number of aromatic nitrogens is 4. The molecule has 0 radical (unpaired) electrons. The third kappa shape index (κ3) is 4.39. The van der Waals surface area contributed by atoms with Crippen molar-refractivity contribution in [3.05, 3.63) is 77.5 Å². The minimum absolute atomic E-state index is 0.00646. The van der Waals surface area contributed by atoms with Crippen molar-refractivity contribution in [2.75, 3.05) is 26.7 Å². The van der Waals surface area contributed by atoms with E-state index in [9.17, 15) is 18.4 Å². The lowest BCUT2D eigenvalue weighted by Gasteiger charge is -2.52. The number of imidazole rings is 1. The molecule has 3 saturated carbocycles. The standard InChI is InChI=1S/C38H36F2N6O3/c1-49-31-14-24(37(47)45-19-25-10-23-13-29(45)32(23)25)11-28-34(31)46(18-21-15-43(16-21)38(48)33-26(39)5-2-6-27(33)40)36(42-28)30-12-22-4-3-9-41-35(22)44(30)17-20-7-8-20/h2-6,9,11-12,14,20-21,23,25,29,32H,7-8,10,13,15-19H2,1H3/t23?,25?,29?,32-/m1/s1. The van der Waals surface area contributed by atoms with Gasteiger partial charge in [0.15, 0.2) is 5.82 Å². The van der Waals surface area contributed by atoms with Gasteiger partial charge in [-0.2, -0.15) is 0 Å². The quantitative estimate of drug-likeness (QED) is 0.204. The first-order chi connectivity index (χ1) is 23.9. The summed E-state index contributed by atoms with van der Waals surface area (Å²) in [4.78, 5) is 40.7. The number of halogens is 2. The molecule has 0 bridgehead atoms. The van der Waals surface area contributed by atoms with E-state index < -0.39 is 23.1 Å². The Morgan fingerprint density at radius 3 is 2.43 bits per heavy atom. The number of hydrogen-bond acceptors (Lipinski definition) is 5. The lowest BCUT2D eigenvalue weighted by atomic mass is 9.53. The SMILES string of the molecule is COc1cc(C(=O)N2CC3CC4CC2[C@H]43)cc2nc(-c3cc4cccnc4n3CC3CC3)n(CC3CN(C(=O)c4c(F)cccc4F)C3)c12. The molecule has 0 spiro atoms. The van der Waals surface area contributed by atoms with Gasteiger partial charge in [-0.05, 0) is 91.8 Å². The van der Waals surface area contributed by atoms with Crippen LogP contribution < -0.4 is 4.74 Å². The van der Waals surface area contributed by atoms with E-state index in [1.165, 1.54) is 30.2 Å². The van der Waals surface area contributed by atoms with E-state index >= 15 is 0 Å². The molecule has 5 fully saturated rings. The monoisotopic (exact) mass is 662 g/mol. The molecule has 3 aliphatic carbocycles. The zero-order valence-electron chi connectivity index (χ0n) is 27.2. The third-order valence-electron chi connectivity index (χ3n) is 11.9. The van der Waals surface area contributed by atoms with Crippen LogP contribution in [0.15, 0.2) is 54.7 Å². The highest BCUT2D eigenvalue weighted by Gasteiger charge is 2.61. The second kappa shape index (κ2) is 10.6. The maximum absolute atomic E-state index is 14.4. The van der Waals surface area contributed by atoms with Crippen LogP contribution in [0.5, 0.6) is 5.75 Å². The Morgan fingerprint density at radius 2 is 1.69 bits per heavy atom. The summed E-state index contributed by atoms with van der Waals surface area (Å²) in [6, 6.07) is 13.7. The summed E-state index contributed by atoms with van der Waals surface area (Å²) >= 11 is 0. The van der Waals surface area contributed by atoms with Gasteiger partial charge in [0.25, 0.3) is 11.8 Å². The Bertz CT molecular complexity index is 2180. The minimum atomic E-state index is -0.859. The Hall–Kier alpha value is -4.80. The highest BCUT2D eigenvalue weighted by Crippen LogP contribution is 2.60. The molecule has 2 aromatic carbocycles. The number of carbonyl (C=O) groups excluding carboxylic acids is 2. The molecule has 3 unspecified atom stereocenters. The van der Waals surface area contributed by atoms with Crippen molar-refractivity contribution in [3.63, 3.8) is 0 Å². The summed E-state index contributed by atoms with van der Waals surface area (Å²) in [7, 11) is 1.62. The molecule has 5 aromatic rings. The van der Waals surface area contributed by atoms with Gasteiger partial charge in [-0.3, -0.25) is 9.59 Å². The number of carbonyl (C=O) groups is 2. The van der Waals surface area contributed by atoms with Gasteiger partial charge in [0.05, 0.1) is 18.3 Å². The van der Waals surface area contributed by atoms with Gasteiger partial charge in [0.2, 0.25) is 0 Å². The van der Waals surface area contributed by atoms with E-state index in [4.69, 9.17) is 14.7 Å². The van der Waals surface area contributed by atoms with Gasteiger partial charge in [0.1, 0.15) is 34.1 Å². The van der Waals surface area contributed by atoms with E-state index in [1.54, 1.807) is 7.11 Å². The van der Waals surface area contributed by atoms with Crippen LogP contribution in [-0.4, -0.2) is 73.5 Å². The van der Waals surface area contributed by atoms with Crippen LogP contribution >= 0.6 is 0 Å². The van der Waals surface area contributed by atoms with Gasteiger partial charge < -0.3 is 23.7 Å². The molecular formula is C38H36F2N6O3. The first-order valence-corrected chi connectivity index (χ1v) is 17.4. The van der Waals surface area contributed by atoms with Crippen molar-refractivity contribution in [3.8, 4) is 17.3 Å². The third-order valence-corrected chi connectivity index (χ3v) is 11.9. The van der Waals surface area contributed by atoms with Crippen molar-refractivity contribution in [1.82, 2.24) is 28.9 Å². The zero-order chi connectivity index (χ0) is 33.1. The number of likely N-dealkylation sites (tertiary alicyclic amines) is 2. The lowest BCUT2D eigenvalue weighted by molar-refractivity contribution is -0.0204. The Kier molecular flexibility index (Phi) is 6.30. The van der Waals surface area contributed by atoms with E-state index in [-0.39, 0.29) is 11.8 Å². The lowest BCUT2D eigenvalue weighted by Crippen LogP contribution is -2.53. The van der Waals surface area contributed by atoms with Gasteiger partial charge in [0, 0.05) is 61.8 Å². The second-order valence-corrected chi connectivity index (χ2v) is 14.9. The molecule has 49 heavy (non-hydrogen) atoms. The van der Waals surface area contributed by atoms with Crippen molar-refractivity contribution in [2.24, 2.45) is 29.6 Å². The maximum Gasteiger partial charge on any atom is 0.259 e. The number of hydrogen-bond donors (Lipinski definition) is 0. The number of amides is 2. The van der Waals surface area contributed by atoms with Crippen LogP contribution in [0.25, 0.3) is 33.6 Å². The summed E-state index contributed by atoms with van der Waals surface area (Å²) in [6.07, 6.45) is 6.51. The Balaban J connectivity index is 1.05. The molecule has 2 saturated heterocycles. The summed E-state index contributed by atoms with van der Waals surface area (Å²) in [5, 5.41) is 1.02. The smallest absolute Gasteiger partial charge is 0.259 e. The second-order valence-electron chi connectivity index (χ2n) is 14.9. The Labute approximate surface area is 281 Å². The molecule has 0 N–H and O–H groups in total. The minimum Gasteiger partial charge on any atom is -0.494 e. The number of benzene rings is 2. The number of pyridine rings is 1. The normalized spacial score (nSPS) is 24.1. The molecule has 2 aliphatic heterocycles. The molecule has 10 rings (SSSR count). The fraction of sp³-hybridized carbons (Fsp3) is 0.421. The molecule has 5 aliphatic rings. The first-order valence-electron chi connectivity index (χ1n) is 17.4. The number of methoxy groups -OCH3 is 1. The number of fused-ring (bicyclic) bond motifs is 2. The van der Waals surface area contributed by atoms with Gasteiger partial charge in [-0.25, -0.2) is 18.7 Å². The van der Waals surface area contributed by atoms with Crippen LogP contribution in [0.2, 0.25) is 0 Å². The number of nitrogens with zero attached hydrogens (tertiary/aromatic N) is 6. The molecule has 4 atom stereocenters. The van der Waals surface area contributed by atoms with Crippen LogP contribution in [0, 0.1) is 41.2 Å². The average Bonchev–Trinajstić information content (AvgIpc) is 3.71. The van der Waals surface area contributed by atoms with Crippen molar-refractivity contribution in [1.29, 1.82) is 0 Å². The summed E-state index contributed by atoms with van der Waals surface area (Å²) in [5.74, 6) is 1.67. The highest BCUT2D eigenvalue weighted by molar-refractivity contribution is 6.00. The topological polar surface area (TPSA) is 85.5 Å². The molecule has 250 valence electrons. The average molecular weight is 663 g/mol. The summed E-state index contributed by atoms with van der Waals surface area (Å²) in [5.41, 5.74) is 3.35. The van der Waals surface area contributed by atoms with E-state index in [2.05, 4.69) is 26.2 Å². The molecule has 11 heteroatoms. The summed E-state index contributed by atoms with van der Waals surface area (Å²) in [6.45, 7) is 2.84. The van der Waals surface area contributed by atoms with Gasteiger partial charge in [-0.1, -0.05) is 6.07 Å². The zero-order valence-corrected chi connectivity index (χ0v) is 27.2. The maximum atomic E-state index is 14.4. The van der Waals surface area contributed by atoms with Crippen molar-refractivity contribution >= 4 is 33.9 Å². The Morgan fingerprint density at radius 1 is 0.898 bits per heavy atom. The predicted molar refractivity (Wildman–Crippen MR) is 178 cm³/mol. The fourth-order valence-corrected chi connectivity index (χ4v) is 9.23. The van der Waals surface area contributed by atoms with Crippen LogP contribution in [0.1, 0.15) is 46.4 Å². The molecule has 3 aromatic heterocycles. The van der Waals surface area contributed by atoms with Crippen LogP contribution in [0.4, 0.5) is 8.78 Å². The number of ether oxygens (including phenoxy) is 1. The molecule has 9 nitrogen and oxygen atoms in total. The van der Waals surface area contributed by atoms with Crippen LogP contribution in [-0.2, 0) is 13.1 Å². The van der Waals surface area contributed by atoms with Gasteiger partial charge in [-0.15, -0.1) is 0 Å². The highest BCUT2D eigenvalue weighted by atomic mass is 19.1. The fourth-order valence-electron chi connectivity index (χ4n) is 9.23.